The molecule has 0 aliphatic heterocycles. The molecule has 0 atom stereocenters. The number of carbonyl (C=O) groups excluding carboxylic acids is 1. The highest BCUT2D eigenvalue weighted by Crippen LogP contribution is 2.35. The first-order valence-electron chi connectivity index (χ1n) is 7.99. The fourth-order valence-electron chi connectivity index (χ4n) is 3.41. The SMILES string of the molecule is Cn1cc(C(=O)Nc2cccc3nccn23)c(C2CCCC2)n1. The summed E-state index contributed by atoms with van der Waals surface area (Å²) < 4.78 is 3.60. The fourth-order valence-corrected chi connectivity index (χ4v) is 3.41. The van der Waals surface area contributed by atoms with Crippen LogP contribution in [-0.4, -0.2) is 25.1 Å². The standard InChI is InChI=1S/C17H19N5O/c1-21-11-13(16(20-21)12-5-2-3-6-12)17(23)19-15-8-4-7-14-18-9-10-22(14)15/h4,7-12H,2-3,5-6H2,1H3,(H,19,23). The van der Waals surface area contributed by atoms with Crippen molar-refractivity contribution >= 4 is 17.4 Å². The van der Waals surface area contributed by atoms with E-state index in [2.05, 4.69) is 15.4 Å². The lowest BCUT2D eigenvalue weighted by molar-refractivity contribution is 0.102. The molecule has 1 N–H and O–H groups in total. The Balaban J connectivity index is 1.66. The van der Waals surface area contributed by atoms with Crippen molar-refractivity contribution in [1.29, 1.82) is 0 Å². The highest BCUT2D eigenvalue weighted by molar-refractivity contribution is 6.04. The van der Waals surface area contributed by atoms with E-state index >= 15 is 0 Å². The number of hydrogen-bond donors (Lipinski definition) is 1. The van der Waals surface area contributed by atoms with Crippen molar-refractivity contribution in [1.82, 2.24) is 19.2 Å². The first-order valence-corrected chi connectivity index (χ1v) is 7.99. The van der Waals surface area contributed by atoms with E-state index in [1.807, 2.05) is 42.0 Å². The van der Waals surface area contributed by atoms with Gasteiger partial charge in [0.15, 0.2) is 0 Å². The van der Waals surface area contributed by atoms with Crippen LogP contribution in [0.4, 0.5) is 5.82 Å². The van der Waals surface area contributed by atoms with Crippen LogP contribution in [0.2, 0.25) is 0 Å². The minimum absolute atomic E-state index is 0.110. The summed E-state index contributed by atoms with van der Waals surface area (Å²) in [6.45, 7) is 0. The molecule has 3 aromatic heterocycles. The van der Waals surface area contributed by atoms with Gasteiger partial charge < -0.3 is 5.32 Å². The Bertz CT molecular complexity index is 857. The summed E-state index contributed by atoms with van der Waals surface area (Å²) in [4.78, 5) is 17.0. The Morgan fingerprint density at radius 1 is 1.30 bits per heavy atom. The van der Waals surface area contributed by atoms with Gasteiger partial charge in [0.1, 0.15) is 11.5 Å². The molecule has 6 nitrogen and oxygen atoms in total. The topological polar surface area (TPSA) is 64.2 Å². The molecular weight excluding hydrogens is 290 g/mol. The molecule has 0 spiro atoms. The van der Waals surface area contributed by atoms with Crippen molar-refractivity contribution in [2.45, 2.75) is 31.6 Å². The van der Waals surface area contributed by atoms with Crippen LogP contribution in [0, 0.1) is 0 Å². The van der Waals surface area contributed by atoms with Gasteiger partial charge in [0.2, 0.25) is 0 Å². The summed E-state index contributed by atoms with van der Waals surface area (Å²) in [6.07, 6.45) is 10.1. The van der Waals surface area contributed by atoms with E-state index in [9.17, 15) is 4.79 Å². The van der Waals surface area contributed by atoms with E-state index in [0.717, 1.165) is 24.2 Å². The molecule has 0 radical (unpaired) electrons. The van der Waals surface area contributed by atoms with Gasteiger partial charge in [-0.3, -0.25) is 13.9 Å². The lowest BCUT2D eigenvalue weighted by Gasteiger charge is -2.10. The molecule has 6 heteroatoms. The Morgan fingerprint density at radius 2 is 2.13 bits per heavy atom. The number of anilines is 1. The molecule has 4 rings (SSSR count). The summed E-state index contributed by atoms with van der Waals surface area (Å²) in [5.74, 6) is 1.01. The molecule has 0 unspecified atom stereocenters. The second kappa shape index (κ2) is 5.53. The molecule has 1 amide bonds. The molecule has 1 aliphatic rings. The molecule has 3 heterocycles. The van der Waals surface area contributed by atoms with Gasteiger partial charge in [0.25, 0.3) is 5.91 Å². The second-order valence-electron chi connectivity index (χ2n) is 6.10. The third-order valence-electron chi connectivity index (χ3n) is 4.51. The minimum Gasteiger partial charge on any atom is -0.308 e. The molecule has 118 valence electrons. The predicted molar refractivity (Wildman–Crippen MR) is 87.6 cm³/mol. The van der Waals surface area contributed by atoms with Crippen LogP contribution in [-0.2, 0) is 7.05 Å². The third kappa shape index (κ3) is 2.50. The van der Waals surface area contributed by atoms with E-state index in [1.54, 1.807) is 10.9 Å². The van der Waals surface area contributed by atoms with E-state index in [4.69, 9.17) is 0 Å². The van der Waals surface area contributed by atoms with E-state index in [-0.39, 0.29) is 5.91 Å². The van der Waals surface area contributed by atoms with Gasteiger partial charge in [0.05, 0.1) is 11.3 Å². The summed E-state index contributed by atoms with van der Waals surface area (Å²) in [6, 6.07) is 5.67. The maximum Gasteiger partial charge on any atom is 0.260 e. The molecule has 0 aromatic carbocycles. The average Bonchev–Trinajstić information content (AvgIpc) is 3.27. The quantitative estimate of drug-likeness (QED) is 0.809. The third-order valence-corrected chi connectivity index (χ3v) is 4.51. The number of rotatable bonds is 3. The number of nitrogens with one attached hydrogen (secondary N) is 1. The van der Waals surface area contributed by atoms with Crippen LogP contribution >= 0.6 is 0 Å². The molecule has 0 saturated heterocycles. The summed E-state index contributed by atoms with van der Waals surface area (Å²) >= 11 is 0. The molecule has 1 fully saturated rings. The highest BCUT2D eigenvalue weighted by Gasteiger charge is 2.26. The zero-order valence-corrected chi connectivity index (χ0v) is 13.1. The normalized spacial score (nSPS) is 15.3. The van der Waals surface area contributed by atoms with Crippen LogP contribution in [0.3, 0.4) is 0 Å². The van der Waals surface area contributed by atoms with E-state index < -0.39 is 0 Å². The van der Waals surface area contributed by atoms with Crippen molar-refractivity contribution in [3.05, 3.63) is 48.0 Å². The zero-order valence-electron chi connectivity index (χ0n) is 13.1. The largest absolute Gasteiger partial charge is 0.308 e. The van der Waals surface area contributed by atoms with Crippen molar-refractivity contribution in [2.24, 2.45) is 7.05 Å². The average molecular weight is 309 g/mol. The monoisotopic (exact) mass is 309 g/mol. The summed E-state index contributed by atoms with van der Waals surface area (Å²) in [7, 11) is 1.87. The Labute approximate surface area is 134 Å². The molecule has 1 saturated carbocycles. The summed E-state index contributed by atoms with van der Waals surface area (Å²) in [5.41, 5.74) is 2.42. The van der Waals surface area contributed by atoms with E-state index in [1.165, 1.54) is 12.8 Å². The number of amides is 1. The number of imidazole rings is 1. The first-order chi connectivity index (χ1) is 11.2. The number of hydrogen-bond acceptors (Lipinski definition) is 3. The van der Waals surface area contributed by atoms with Gasteiger partial charge in [-0.2, -0.15) is 5.10 Å². The number of aromatic nitrogens is 4. The van der Waals surface area contributed by atoms with Crippen LogP contribution in [0.1, 0.15) is 47.7 Å². The molecule has 1 aliphatic carbocycles. The van der Waals surface area contributed by atoms with Crippen molar-refractivity contribution in [2.75, 3.05) is 5.32 Å². The van der Waals surface area contributed by atoms with Gasteiger partial charge in [-0.25, -0.2) is 4.98 Å². The van der Waals surface area contributed by atoms with Gasteiger partial charge in [-0.15, -0.1) is 0 Å². The number of pyridine rings is 1. The molecule has 23 heavy (non-hydrogen) atoms. The first kappa shape index (κ1) is 14.0. The summed E-state index contributed by atoms with van der Waals surface area (Å²) in [5, 5.41) is 7.54. The van der Waals surface area contributed by atoms with Crippen molar-refractivity contribution in [3.8, 4) is 0 Å². The maximum absolute atomic E-state index is 12.8. The minimum atomic E-state index is -0.110. The van der Waals surface area contributed by atoms with Crippen molar-refractivity contribution in [3.63, 3.8) is 0 Å². The number of aryl methyl sites for hydroxylation is 1. The predicted octanol–water partition coefficient (Wildman–Crippen LogP) is 2.98. The van der Waals surface area contributed by atoms with Gasteiger partial charge in [-0.1, -0.05) is 18.9 Å². The van der Waals surface area contributed by atoms with Gasteiger partial charge >= 0.3 is 0 Å². The fraction of sp³-hybridized carbons (Fsp3) is 0.353. The van der Waals surface area contributed by atoms with E-state index in [0.29, 0.717) is 17.3 Å². The smallest absolute Gasteiger partial charge is 0.260 e. The zero-order chi connectivity index (χ0) is 15.8. The maximum atomic E-state index is 12.8. The van der Waals surface area contributed by atoms with Gasteiger partial charge in [-0.05, 0) is 25.0 Å². The van der Waals surface area contributed by atoms with Gasteiger partial charge in [0, 0.05) is 31.6 Å². The number of nitrogens with zero attached hydrogens (tertiary/aromatic N) is 4. The number of carbonyl (C=O) groups is 1. The Hall–Kier alpha value is -2.63. The van der Waals surface area contributed by atoms with Crippen LogP contribution < -0.4 is 5.32 Å². The van der Waals surface area contributed by atoms with Crippen LogP contribution in [0.25, 0.3) is 5.65 Å². The number of fused-ring (bicyclic) bond motifs is 1. The lowest BCUT2D eigenvalue weighted by Crippen LogP contribution is -2.16. The molecular formula is C17H19N5O. The van der Waals surface area contributed by atoms with Crippen molar-refractivity contribution < 1.29 is 4.79 Å². The van der Waals surface area contributed by atoms with Crippen LogP contribution in [0.15, 0.2) is 36.8 Å². The highest BCUT2D eigenvalue weighted by atomic mass is 16.1. The lowest BCUT2D eigenvalue weighted by atomic mass is 10.0. The Morgan fingerprint density at radius 3 is 2.96 bits per heavy atom. The van der Waals surface area contributed by atoms with Crippen LogP contribution in [0.5, 0.6) is 0 Å². The second-order valence-corrected chi connectivity index (χ2v) is 6.10. The molecule has 3 aromatic rings. The Kier molecular flexibility index (Phi) is 3.37. The molecule has 0 bridgehead atoms.